The topological polar surface area (TPSA) is 146 Å². The Bertz CT molecular complexity index is 1880. The lowest BCUT2D eigenvalue weighted by Gasteiger charge is -2.16. The van der Waals surface area contributed by atoms with E-state index >= 15 is 0 Å². The molecule has 5 rings (SSSR count). The molecule has 47 heavy (non-hydrogen) atoms. The number of carbonyl (C=O) groups is 3. The highest BCUT2D eigenvalue weighted by Crippen LogP contribution is 2.29. The first kappa shape index (κ1) is 32.9. The lowest BCUT2D eigenvalue weighted by molar-refractivity contribution is -0.125. The normalized spacial score (nSPS) is 13.6. The van der Waals surface area contributed by atoms with Gasteiger partial charge in [0.05, 0.1) is 12.1 Å². The molecular formula is C33H32F3N5O6. The van der Waals surface area contributed by atoms with Gasteiger partial charge in [0.1, 0.15) is 41.5 Å². The molecule has 1 unspecified atom stereocenters. The summed E-state index contributed by atoms with van der Waals surface area (Å²) in [5, 5.41) is 14.3. The molecule has 2 aromatic carbocycles. The fourth-order valence-corrected chi connectivity index (χ4v) is 5.29. The molecule has 0 bridgehead atoms. The Hall–Kier alpha value is -5.53. The monoisotopic (exact) mass is 651 g/mol. The summed E-state index contributed by atoms with van der Waals surface area (Å²) in [6.07, 6.45) is 5.25. The predicted octanol–water partition coefficient (Wildman–Crippen LogP) is 4.91. The van der Waals surface area contributed by atoms with Crippen LogP contribution < -0.4 is 20.9 Å². The van der Waals surface area contributed by atoms with Gasteiger partial charge in [-0.2, -0.15) is 0 Å². The summed E-state index contributed by atoms with van der Waals surface area (Å²) in [6.45, 7) is 1.08. The average molecular weight is 652 g/mol. The lowest BCUT2D eigenvalue weighted by Crippen LogP contribution is -2.44. The van der Waals surface area contributed by atoms with Crippen molar-refractivity contribution in [2.24, 2.45) is 0 Å². The van der Waals surface area contributed by atoms with Gasteiger partial charge in [0.25, 0.3) is 5.56 Å². The molecule has 4 N–H and O–H groups in total. The molecule has 2 aromatic heterocycles. The maximum Gasteiger partial charge on any atom is 0.405 e. The Kier molecular flexibility index (Phi) is 10.3. The van der Waals surface area contributed by atoms with Crippen molar-refractivity contribution in [2.75, 3.05) is 18.4 Å². The number of benzene rings is 2. The minimum absolute atomic E-state index is 0.0164. The van der Waals surface area contributed by atoms with Crippen LogP contribution in [0.15, 0.2) is 71.7 Å². The molecule has 3 amide bonds. The average Bonchev–Trinajstić information content (AvgIpc) is 3.70. The number of amides is 3. The third kappa shape index (κ3) is 8.39. The number of aromatic amines is 1. The number of hydrogen-bond acceptors (Lipinski definition) is 5. The van der Waals surface area contributed by atoms with Crippen molar-refractivity contribution in [3.8, 4) is 5.75 Å². The highest BCUT2D eigenvalue weighted by Gasteiger charge is 2.22. The van der Waals surface area contributed by atoms with E-state index in [0.29, 0.717) is 29.7 Å². The van der Waals surface area contributed by atoms with Crippen LogP contribution in [0.25, 0.3) is 10.9 Å². The van der Waals surface area contributed by atoms with E-state index in [-0.39, 0.29) is 48.9 Å². The van der Waals surface area contributed by atoms with E-state index in [0.717, 1.165) is 31.0 Å². The highest BCUT2D eigenvalue weighted by atomic mass is 19.1. The quantitative estimate of drug-likeness (QED) is 0.160. The Morgan fingerprint density at radius 3 is 2.57 bits per heavy atom. The van der Waals surface area contributed by atoms with Crippen molar-refractivity contribution in [3.63, 3.8) is 0 Å². The van der Waals surface area contributed by atoms with Crippen molar-refractivity contribution in [2.45, 2.75) is 44.9 Å². The second-order valence-electron chi connectivity index (χ2n) is 11.0. The Morgan fingerprint density at radius 2 is 1.83 bits per heavy atom. The predicted molar refractivity (Wildman–Crippen MR) is 167 cm³/mol. The number of likely N-dealkylation sites (tertiary alicyclic amines) is 1. The standard InChI is InChI=1S/C33H32F3N5O6/c34-22-10-9-20(25(36)16-22)19-47-28-17-23(35)14-21-15-24(37-30(21)28)18-41-13-5-7-27(32(41)44)38-31(43)26(39-33(45)46)6-1-2-8-29(42)40-11-3-4-12-40/h2,5,7-10,13-17,26,37,39H,1,3-4,6,11-12,18-19H2,(H,38,43)(H,45,46). The maximum absolute atomic E-state index is 14.4. The largest absolute Gasteiger partial charge is 0.486 e. The number of pyridine rings is 1. The van der Waals surface area contributed by atoms with Gasteiger partial charge in [-0.1, -0.05) is 6.08 Å². The number of hydrogen-bond donors (Lipinski definition) is 4. The van der Waals surface area contributed by atoms with Gasteiger partial charge in [0, 0.05) is 48.1 Å². The summed E-state index contributed by atoms with van der Waals surface area (Å²) in [4.78, 5) is 54.6. The molecule has 1 saturated heterocycles. The van der Waals surface area contributed by atoms with Crippen LogP contribution in [0.4, 0.5) is 23.7 Å². The molecule has 1 fully saturated rings. The first-order chi connectivity index (χ1) is 22.6. The molecule has 246 valence electrons. The van der Waals surface area contributed by atoms with Crippen LogP contribution in [0.1, 0.15) is 36.9 Å². The first-order valence-corrected chi connectivity index (χ1v) is 14.9. The van der Waals surface area contributed by atoms with Crippen molar-refractivity contribution in [1.82, 2.24) is 19.8 Å². The van der Waals surface area contributed by atoms with Crippen LogP contribution in [0.5, 0.6) is 5.75 Å². The number of allylic oxidation sites excluding steroid dienone is 1. The second-order valence-corrected chi connectivity index (χ2v) is 11.0. The summed E-state index contributed by atoms with van der Waals surface area (Å²) in [5.74, 6) is -2.96. The second kappa shape index (κ2) is 14.7. The third-order valence-electron chi connectivity index (χ3n) is 7.64. The molecule has 1 aliphatic heterocycles. The molecule has 3 heterocycles. The number of H-pyrrole nitrogens is 1. The Balaban J connectivity index is 1.26. The zero-order chi connectivity index (χ0) is 33.5. The van der Waals surface area contributed by atoms with Crippen LogP contribution >= 0.6 is 0 Å². The van der Waals surface area contributed by atoms with Gasteiger partial charge in [-0.05, 0) is 68.2 Å². The van der Waals surface area contributed by atoms with Crippen molar-refractivity contribution in [3.05, 3.63) is 106 Å². The molecule has 11 nitrogen and oxygen atoms in total. The minimum Gasteiger partial charge on any atom is -0.486 e. The van der Waals surface area contributed by atoms with Crippen LogP contribution in [-0.2, 0) is 22.7 Å². The number of rotatable bonds is 12. The lowest BCUT2D eigenvalue weighted by atomic mass is 10.1. The van der Waals surface area contributed by atoms with E-state index in [9.17, 15) is 37.5 Å². The number of nitrogens with one attached hydrogen (secondary N) is 3. The van der Waals surface area contributed by atoms with Gasteiger partial charge in [-0.15, -0.1) is 0 Å². The highest BCUT2D eigenvalue weighted by molar-refractivity contribution is 5.96. The number of nitrogens with zero attached hydrogens (tertiary/aromatic N) is 2. The molecule has 4 aromatic rings. The summed E-state index contributed by atoms with van der Waals surface area (Å²) in [7, 11) is 0. The molecule has 1 aliphatic rings. The number of ether oxygens (including phenoxy) is 1. The van der Waals surface area contributed by atoms with E-state index in [4.69, 9.17) is 4.74 Å². The minimum atomic E-state index is -1.42. The van der Waals surface area contributed by atoms with Crippen LogP contribution in [0.2, 0.25) is 0 Å². The molecular weight excluding hydrogens is 619 g/mol. The molecule has 14 heteroatoms. The zero-order valence-electron chi connectivity index (χ0n) is 25.1. The number of anilines is 1. The zero-order valence-corrected chi connectivity index (χ0v) is 25.1. The molecule has 0 aliphatic carbocycles. The molecule has 1 atom stereocenters. The van der Waals surface area contributed by atoms with Crippen molar-refractivity contribution >= 4 is 34.5 Å². The summed E-state index contributed by atoms with van der Waals surface area (Å²) in [6, 6.07) is 8.74. The summed E-state index contributed by atoms with van der Waals surface area (Å²) >= 11 is 0. The van der Waals surface area contributed by atoms with Crippen LogP contribution in [-0.4, -0.2) is 56.6 Å². The molecule has 0 spiro atoms. The smallest absolute Gasteiger partial charge is 0.405 e. The van der Waals surface area contributed by atoms with Crippen molar-refractivity contribution < 1.29 is 37.4 Å². The van der Waals surface area contributed by atoms with Crippen LogP contribution in [0, 0.1) is 17.5 Å². The Morgan fingerprint density at radius 1 is 1.04 bits per heavy atom. The maximum atomic E-state index is 14.4. The fourth-order valence-electron chi connectivity index (χ4n) is 5.29. The van der Waals surface area contributed by atoms with Crippen LogP contribution in [0.3, 0.4) is 0 Å². The van der Waals surface area contributed by atoms with Gasteiger partial charge in [0.2, 0.25) is 11.8 Å². The van der Waals surface area contributed by atoms with E-state index in [2.05, 4.69) is 15.6 Å². The van der Waals surface area contributed by atoms with Gasteiger partial charge in [-0.25, -0.2) is 18.0 Å². The SMILES string of the molecule is O=C(O)NC(CCC=CC(=O)N1CCCC1)C(=O)Nc1cccn(Cc2cc3cc(F)cc(OCc4ccc(F)cc4F)c3[nH]2)c1=O. The van der Waals surface area contributed by atoms with E-state index in [1.807, 2.05) is 0 Å². The third-order valence-corrected chi connectivity index (χ3v) is 7.64. The van der Waals surface area contributed by atoms with Crippen molar-refractivity contribution in [1.29, 1.82) is 0 Å². The number of fused-ring (bicyclic) bond motifs is 1. The summed E-state index contributed by atoms with van der Waals surface area (Å²) < 4.78 is 48.7. The Labute approximate surface area is 266 Å². The van der Waals surface area contributed by atoms with E-state index in [1.165, 1.54) is 41.1 Å². The number of aromatic nitrogens is 2. The van der Waals surface area contributed by atoms with E-state index < -0.39 is 41.1 Å². The van der Waals surface area contributed by atoms with Gasteiger partial charge < -0.3 is 34.9 Å². The van der Waals surface area contributed by atoms with Gasteiger partial charge >= 0.3 is 6.09 Å². The van der Waals surface area contributed by atoms with E-state index in [1.54, 1.807) is 17.0 Å². The fraction of sp³-hybridized carbons (Fsp3) is 0.273. The van der Waals surface area contributed by atoms with Gasteiger partial charge in [-0.3, -0.25) is 14.4 Å². The molecule has 0 saturated carbocycles. The first-order valence-electron chi connectivity index (χ1n) is 14.9. The summed E-state index contributed by atoms with van der Waals surface area (Å²) in [5.41, 5.74) is 0.266. The number of carbonyl (C=O) groups excluding carboxylic acids is 2. The van der Waals surface area contributed by atoms with Gasteiger partial charge in [0.15, 0.2) is 0 Å². The number of halogens is 3. The molecule has 0 radical (unpaired) electrons. The number of carboxylic acid groups (broad SMARTS) is 1.